The molecule has 2 aromatic carbocycles. The molecule has 1 aliphatic rings. The average molecular weight is 357 g/mol. The highest BCUT2D eigenvalue weighted by atomic mass is 16.5. The van der Waals surface area contributed by atoms with Crippen molar-refractivity contribution in [2.75, 3.05) is 20.3 Å². The third kappa shape index (κ3) is 4.54. The minimum Gasteiger partial charge on any atom is -0.496 e. The normalized spacial score (nSPS) is 18.5. The van der Waals surface area contributed by atoms with Crippen LogP contribution in [-0.2, 0) is 20.8 Å². The summed E-state index contributed by atoms with van der Waals surface area (Å²) in [6, 6.07) is 12.0. The Kier molecular flexibility index (Phi) is 6.47. The number of rotatable bonds is 7. The van der Waals surface area contributed by atoms with Crippen LogP contribution in [0.2, 0.25) is 0 Å². The molecule has 140 valence electrons. The van der Waals surface area contributed by atoms with Crippen molar-refractivity contribution in [3.8, 4) is 5.75 Å². The van der Waals surface area contributed by atoms with Gasteiger partial charge in [-0.15, -0.1) is 0 Å². The van der Waals surface area contributed by atoms with Gasteiger partial charge in [0.1, 0.15) is 11.9 Å². The van der Waals surface area contributed by atoms with Gasteiger partial charge in [-0.05, 0) is 43.0 Å². The molecule has 26 heavy (non-hydrogen) atoms. The average Bonchev–Trinajstić information content (AvgIpc) is 2.70. The maximum atomic E-state index is 12.4. The van der Waals surface area contributed by atoms with Gasteiger partial charge in [-0.1, -0.05) is 30.3 Å². The Morgan fingerprint density at radius 3 is 2.88 bits per heavy atom. The molecule has 0 spiro atoms. The summed E-state index contributed by atoms with van der Waals surface area (Å²) in [6.07, 6.45) is 2.87. The van der Waals surface area contributed by atoms with E-state index in [1.54, 1.807) is 14.0 Å². The molecule has 1 saturated heterocycles. The largest absolute Gasteiger partial charge is 0.496 e. The zero-order valence-electron chi connectivity index (χ0n) is 15.5. The highest BCUT2D eigenvalue weighted by molar-refractivity contribution is 5.88. The molecule has 2 unspecified atom stereocenters. The van der Waals surface area contributed by atoms with Crippen LogP contribution in [0.25, 0.3) is 10.8 Å². The zero-order valence-corrected chi connectivity index (χ0v) is 15.5. The van der Waals surface area contributed by atoms with Crippen molar-refractivity contribution in [1.29, 1.82) is 0 Å². The van der Waals surface area contributed by atoms with E-state index in [2.05, 4.69) is 11.4 Å². The molecule has 0 bridgehead atoms. The predicted molar refractivity (Wildman–Crippen MR) is 101 cm³/mol. The molecular formula is C21H27NO4. The lowest BCUT2D eigenvalue weighted by molar-refractivity contribution is -0.135. The smallest absolute Gasteiger partial charge is 0.249 e. The Balaban J connectivity index is 1.59. The van der Waals surface area contributed by atoms with E-state index in [9.17, 15) is 4.79 Å². The Hall–Kier alpha value is -2.11. The number of hydrogen-bond acceptors (Lipinski definition) is 4. The molecule has 1 N–H and O–H groups in total. The Labute approximate surface area is 154 Å². The summed E-state index contributed by atoms with van der Waals surface area (Å²) >= 11 is 0. The van der Waals surface area contributed by atoms with Crippen molar-refractivity contribution in [3.05, 3.63) is 42.0 Å². The number of carbonyl (C=O) groups is 1. The molecular weight excluding hydrogens is 330 g/mol. The van der Waals surface area contributed by atoms with Gasteiger partial charge in [-0.25, -0.2) is 0 Å². The van der Waals surface area contributed by atoms with Gasteiger partial charge in [0.05, 0.1) is 19.8 Å². The van der Waals surface area contributed by atoms with Gasteiger partial charge in [0, 0.05) is 18.7 Å². The fourth-order valence-electron chi connectivity index (χ4n) is 3.27. The van der Waals surface area contributed by atoms with Crippen molar-refractivity contribution in [1.82, 2.24) is 5.32 Å². The third-order valence-corrected chi connectivity index (χ3v) is 4.83. The summed E-state index contributed by atoms with van der Waals surface area (Å²) in [5, 5.41) is 5.17. The first-order valence-electron chi connectivity index (χ1n) is 9.24. The minimum atomic E-state index is -0.513. The van der Waals surface area contributed by atoms with Crippen LogP contribution in [0, 0.1) is 0 Å². The topological polar surface area (TPSA) is 56.8 Å². The van der Waals surface area contributed by atoms with Gasteiger partial charge in [0.25, 0.3) is 0 Å². The first kappa shape index (κ1) is 18.7. The lowest BCUT2D eigenvalue weighted by atomic mass is 10.0. The molecule has 3 rings (SSSR count). The first-order valence-corrected chi connectivity index (χ1v) is 9.24. The molecule has 2 aromatic rings. The number of methoxy groups -OCH3 is 1. The van der Waals surface area contributed by atoms with E-state index in [0.717, 1.165) is 48.0 Å². The second-order valence-corrected chi connectivity index (χ2v) is 6.65. The number of amides is 1. The summed E-state index contributed by atoms with van der Waals surface area (Å²) in [5.74, 6) is 0.643. The molecule has 0 saturated carbocycles. The fraction of sp³-hybridized carbons (Fsp3) is 0.476. The molecule has 2 atom stereocenters. The monoisotopic (exact) mass is 357 g/mol. The molecule has 0 aliphatic carbocycles. The van der Waals surface area contributed by atoms with E-state index in [-0.39, 0.29) is 12.0 Å². The summed E-state index contributed by atoms with van der Waals surface area (Å²) in [5.41, 5.74) is 0.974. The van der Waals surface area contributed by atoms with Gasteiger partial charge in [0.2, 0.25) is 5.91 Å². The quantitative estimate of drug-likeness (QED) is 0.825. The lowest BCUT2D eigenvalue weighted by Gasteiger charge is -2.24. The number of carbonyl (C=O) groups excluding carboxylic acids is 1. The van der Waals surface area contributed by atoms with Crippen molar-refractivity contribution in [2.45, 2.75) is 44.9 Å². The number of nitrogens with one attached hydrogen (secondary N) is 1. The predicted octanol–water partition coefficient (Wildman–Crippen LogP) is 3.44. The van der Waals surface area contributed by atoms with Gasteiger partial charge >= 0.3 is 0 Å². The lowest BCUT2D eigenvalue weighted by Crippen LogP contribution is -2.36. The summed E-state index contributed by atoms with van der Waals surface area (Å²) < 4.78 is 16.8. The SMILES string of the molecule is COc1ccc2ccccc2c1CNC(=O)C(C)OCC1CCCCO1. The van der Waals surface area contributed by atoms with E-state index < -0.39 is 6.10 Å². The number of fused-ring (bicyclic) bond motifs is 1. The van der Waals surface area contributed by atoms with Crippen LogP contribution in [0.15, 0.2) is 36.4 Å². The summed E-state index contributed by atoms with van der Waals surface area (Å²) in [7, 11) is 1.64. The second-order valence-electron chi connectivity index (χ2n) is 6.65. The molecule has 0 aromatic heterocycles. The van der Waals surface area contributed by atoms with Crippen LogP contribution >= 0.6 is 0 Å². The van der Waals surface area contributed by atoms with Gasteiger partial charge in [-0.2, -0.15) is 0 Å². The van der Waals surface area contributed by atoms with Crippen LogP contribution in [0.4, 0.5) is 0 Å². The highest BCUT2D eigenvalue weighted by Crippen LogP contribution is 2.27. The molecule has 0 radical (unpaired) electrons. The Bertz CT molecular complexity index is 740. The van der Waals surface area contributed by atoms with E-state index >= 15 is 0 Å². The molecule has 1 aliphatic heterocycles. The van der Waals surface area contributed by atoms with E-state index in [1.165, 1.54) is 0 Å². The van der Waals surface area contributed by atoms with Crippen LogP contribution < -0.4 is 10.1 Å². The van der Waals surface area contributed by atoms with Crippen molar-refractivity contribution in [3.63, 3.8) is 0 Å². The zero-order chi connectivity index (χ0) is 18.4. The van der Waals surface area contributed by atoms with Crippen molar-refractivity contribution in [2.24, 2.45) is 0 Å². The maximum Gasteiger partial charge on any atom is 0.249 e. The van der Waals surface area contributed by atoms with Crippen molar-refractivity contribution < 1.29 is 19.0 Å². The summed E-state index contributed by atoms with van der Waals surface area (Å²) in [4.78, 5) is 12.4. The number of ether oxygens (including phenoxy) is 3. The van der Waals surface area contributed by atoms with Crippen molar-refractivity contribution >= 4 is 16.7 Å². The standard InChI is InChI=1S/C21H27NO4/c1-15(26-14-17-8-5-6-12-25-17)21(23)22-13-19-18-9-4-3-7-16(18)10-11-20(19)24-2/h3-4,7,9-11,15,17H,5-6,8,12-14H2,1-2H3,(H,22,23). The Morgan fingerprint density at radius 2 is 2.12 bits per heavy atom. The molecule has 1 heterocycles. The van der Waals surface area contributed by atoms with Crippen LogP contribution in [0.1, 0.15) is 31.7 Å². The second kappa shape index (κ2) is 9.01. The maximum absolute atomic E-state index is 12.4. The van der Waals surface area contributed by atoms with E-state index in [4.69, 9.17) is 14.2 Å². The summed E-state index contributed by atoms with van der Waals surface area (Å²) in [6.45, 7) is 3.43. The number of hydrogen-bond donors (Lipinski definition) is 1. The van der Waals surface area contributed by atoms with E-state index in [0.29, 0.717) is 13.2 Å². The fourth-order valence-corrected chi connectivity index (χ4v) is 3.27. The van der Waals surface area contributed by atoms with Gasteiger partial charge in [-0.3, -0.25) is 4.79 Å². The van der Waals surface area contributed by atoms with Gasteiger partial charge in [0.15, 0.2) is 0 Å². The van der Waals surface area contributed by atoms with Crippen LogP contribution in [0.5, 0.6) is 5.75 Å². The van der Waals surface area contributed by atoms with Gasteiger partial charge < -0.3 is 19.5 Å². The number of benzene rings is 2. The third-order valence-electron chi connectivity index (χ3n) is 4.83. The molecule has 1 fully saturated rings. The first-order chi connectivity index (χ1) is 12.7. The molecule has 1 amide bonds. The van der Waals surface area contributed by atoms with Crippen LogP contribution in [-0.4, -0.2) is 38.4 Å². The minimum absolute atomic E-state index is 0.108. The van der Waals surface area contributed by atoms with Crippen LogP contribution in [0.3, 0.4) is 0 Å². The Morgan fingerprint density at radius 1 is 1.27 bits per heavy atom. The van der Waals surface area contributed by atoms with E-state index in [1.807, 2.05) is 30.3 Å². The molecule has 5 heteroatoms. The molecule has 5 nitrogen and oxygen atoms in total. The highest BCUT2D eigenvalue weighted by Gasteiger charge is 2.19.